The second-order valence-electron chi connectivity index (χ2n) is 7.92. The SMILES string of the molecule is CCC1Cc2ccc(C(=O)CN)n2-c2ccc(Cl)cc2C1c1cccc(C)c1OC. The molecule has 2 atom stereocenters. The van der Waals surface area contributed by atoms with Crippen LogP contribution in [0, 0.1) is 12.8 Å². The van der Waals surface area contributed by atoms with Crippen LogP contribution in [0.25, 0.3) is 5.69 Å². The third-order valence-electron chi connectivity index (χ3n) is 6.25. The Bertz CT molecular complexity index is 1100. The molecule has 1 aliphatic rings. The molecule has 2 heterocycles. The first-order chi connectivity index (χ1) is 14.5. The Hall–Kier alpha value is -2.56. The van der Waals surface area contributed by atoms with E-state index < -0.39 is 0 Å². The lowest BCUT2D eigenvalue weighted by atomic mass is 9.76. The number of fused-ring (bicyclic) bond motifs is 3. The quantitative estimate of drug-likeness (QED) is 0.567. The summed E-state index contributed by atoms with van der Waals surface area (Å²) in [6, 6.07) is 16.2. The monoisotopic (exact) mass is 422 g/mol. The number of methoxy groups -OCH3 is 1. The summed E-state index contributed by atoms with van der Waals surface area (Å²) in [5, 5.41) is 0.683. The van der Waals surface area contributed by atoms with Gasteiger partial charge in [-0.15, -0.1) is 0 Å². The fraction of sp³-hybridized carbons (Fsp3) is 0.320. The van der Waals surface area contributed by atoms with Crippen molar-refractivity contribution < 1.29 is 9.53 Å². The van der Waals surface area contributed by atoms with Crippen LogP contribution in [0.3, 0.4) is 0 Å². The van der Waals surface area contributed by atoms with E-state index in [0.29, 0.717) is 16.6 Å². The Morgan fingerprint density at radius 2 is 2.00 bits per heavy atom. The van der Waals surface area contributed by atoms with Gasteiger partial charge in [0.25, 0.3) is 0 Å². The molecule has 0 radical (unpaired) electrons. The maximum atomic E-state index is 12.6. The number of aryl methyl sites for hydroxylation is 1. The number of nitrogens with two attached hydrogens (primary N) is 1. The molecule has 1 aliphatic heterocycles. The molecule has 0 saturated carbocycles. The maximum absolute atomic E-state index is 12.6. The van der Waals surface area contributed by atoms with Gasteiger partial charge in [0.05, 0.1) is 19.3 Å². The number of aromatic nitrogens is 1. The summed E-state index contributed by atoms with van der Waals surface area (Å²) in [5.74, 6) is 1.27. The van der Waals surface area contributed by atoms with Gasteiger partial charge in [0.15, 0.2) is 5.78 Å². The molecule has 4 nitrogen and oxygen atoms in total. The van der Waals surface area contributed by atoms with E-state index in [0.717, 1.165) is 46.7 Å². The molecule has 2 aromatic carbocycles. The zero-order valence-electron chi connectivity index (χ0n) is 17.6. The van der Waals surface area contributed by atoms with Crippen molar-refractivity contribution in [1.29, 1.82) is 0 Å². The summed E-state index contributed by atoms with van der Waals surface area (Å²) in [6.45, 7) is 4.27. The van der Waals surface area contributed by atoms with Crippen molar-refractivity contribution in [3.8, 4) is 11.4 Å². The second-order valence-corrected chi connectivity index (χ2v) is 8.36. The number of carbonyl (C=O) groups is 1. The third-order valence-corrected chi connectivity index (χ3v) is 6.48. The first-order valence-electron chi connectivity index (χ1n) is 10.4. The molecular formula is C25H27ClN2O2. The molecule has 0 fully saturated rings. The molecule has 2 N–H and O–H groups in total. The zero-order chi connectivity index (χ0) is 21.4. The van der Waals surface area contributed by atoms with Gasteiger partial charge in [-0.2, -0.15) is 0 Å². The van der Waals surface area contributed by atoms with Gasteiger partial charge in [-0.05, 0) is 60.7 Å². The van der Waals surface area contributed by atoms with Crippen LogP contribution in [0.1, 0.15) is 52.1 Å². The van der Waals surface area contributed by atoms with Crippen LogP contribution < -0.4 is 10.5 Å². The number of Topliss-reactive ketones (excluding diaryl/α,β-unsaturated/α-hetero) is 1. The Balaban J connectivity index is 2.03. The number of hydrogen-bond donors (Lipinski definition) is 1. The first-order valence-corrected chi connectivity index (χ1v) is 10.7. The molecule has 1 aromatic heterocycles. The molecule has 156 valence electrons. The number of halogens is 1. The van der Waals surface area contributed by atoms with E-state index in [1.807, 2.05) is 24.3 Å². The largest absolute Gasteiger partial charge is 0.496 e. The van der Waals surface area contributed by atoms with Crippen LogP contribution in [-0.2, 0) is 6.42 Å². The van der Waals surface area contributed by atoms with Gasteiger partial charge in [0.2, 0.25) is 0 Å². The molecule has 0 amide bonds. The minimum Gasteiger partial charge on any atom is -0.496 e. The molecule has 0 aliphatic carbocycles. The van der Waals surface area contributed by atoms with Crippen LogP contribution >= 0.6 is 11.6 Å². The van der Waals surface area contributed by atoms with Crippen molar-refractivity contribution >= 4 is 17.4 Å². The van der Waals surface area contributed by atoms with Crippen molar-refractivity contribution in [1.82, 2.24) is 4.57 Å². The minimum atomic E-state index is -0.0678. The van der Waals surface area contributed by atoms with Crippen LogP contribution in [0.4, 0.5) is 0 Å². The Labute approximate surface area is 182 Å². The van der Waals surface area contributed by atoms with Gasteiger partial charge in [0, 0.05) is 27.9 Å². The molecule has 0 bridgehead atoms. The van der Waals surface area contributed by atoms with Crippen molar-refractivity contribution in [3.63, 3.8) is 0 Å². The van der Waals surface area contributed by atoms with Gasteiger partial charge in [-0.3, -0.25) is 4.79 Å². The predicted octanol–water partition coefficient (Wildman–Crippen LogP) is 5.30. The van der Waals surface area contributed by atoms with E-state index in [4.69, 9.17) is 22.1 Å². The van der Waals surface area contributed by atoms with Crippen LogP contribution in [0.5, 0.6) is 5.75 Å². The highest BCUT2D eigenvalue weighted by molar-refractivity contribution is 6.30. The number of para-hydroxylation sites is 1. The molecule has 2 unspecified atom stereocenters. The van der Waals surface area contributed by atoms with E-state index in [1.165, 1.54) is 0 Å². The van der Waals surface area contributed by atoms with Crippen LogP contribution in [-0.4, -0.2) is 24.0 Å². The highest BCUT2D eigenvalue weighted by Crippen LogP contribution is 2.46. The highest BCUT2D eigenvalue weighted by atomic mass is 35.5. The van der Waals surface area contributed by atoms with E-state index in [-0.39, 0.29) is 18.2 Å². The predicted molar refractivity (Wildman–Crippen MR) is 121 cm³/mol. The van der Waals surface area contributed by atoms with Crippen molar-refractivity contribution in [2.75, 3.05) is 13.7 Å². The van der Waals surface area contributed by atoms with Gasteiger partial charge in [-0.1, -0.05) is 43.1 Å². The van der Waals surface area contributed by atoms with Crippen LogP contribution in [0.2, 0.25) is 5.02 Å². The van der Waals surface area contributed by atoms with E-state index in [9.17, 15) is 4.79 Å². The van der Waals surface area contributed by atoms with Crippen LogP contribution in [0.15, 0.2) is 48.5 Å². The van der Waals surface area contributed by atoms with Gasteiger partial charge in [0.1, 0.15) is 5.75 Å². The minimum absolute atomic E-state index is 0.0152. The lowest BCUT2D eigenvalue weighted by Crippen LogP contribution is -2.18. The number of ether oxygens (including phenoxy) is 1. The molecule has 0 spiro atoms. The summed E-state index contributed by atoms with van der Waals surface area (Å²) in [6.07, 6.45) is 1.83. The Morgan fingerprint density at radius 3 is 2.70 bits per heavy atom. The van der Waals surface area contributed by atoms with Gasteiger partial charge < -0.3 is 15.0 Å². The highest BCUT2D eigenvalue weighted by Gasteiger charge is 2.34. The molecule has 30 heavy (non-hydrogen) atoms. The summed E-state index contributed by atoms with van der Waals surface area (Å²) in [4.78, 5) is 12.6. The topological polar surface area (TPSA) is 57.2 Å². The van der Waals surface area contributed by atoms with E-state index in [1.54, 1.807) is 7.11 Å². The molecule has 0 saturated heterocycles. The fourth-order valence-electron chi connectivity index (χ4n) is 4.86. The number of hydrogen-bond acceptors (Lipinski definition) is 3. The van der Waals surface area contributed by atoms with E-state index in [2.05, 4.69) is 42.7 Å². The molecule has 3 aromatic rings. The molecule has 5 heteroatoms. The first kappa shape index (κ1) is 20.7. The fourth-order valence-corrected chi connectivity index (χ4v) is 5.04. The van der Waals surface area contributed by atoms with Crippen molar-refractivity contribution in [2.24, 2.45) is 11.7 Å². The average Bonchev–Trinajstić information content (AvgIpc) is 3.10. The van der Waals surface area contributed by atoms with Gasteiger partial charge >= 0.3 is 0 Å². The standard InChI is InChI=1S/C25H27ClN2O2/c1-4-16-12-18-9-11-22(23(29)14-27)28(18)21-10-8-17(26)13-20(21)24(16)19-7-5-6-15(2)25(19)30-3/h5-11,13,16,24H,4,12,14,27H2,1-3H3. The smallest absolute Gasteiger partial charge is 0.193 e. The number of nitrogens with zero attached hydrogens (tertiary/aromatic N) is 1. The molecular weight excluding hydrogens is 396 g/mol. The number of ketones is 1. The summed E-state index contributed by atoms with van der Waals surface area (Å²) >= 11 is 6.48. The van der Waals surface area contributed by atoms with Gasteiger partial charge in [-0.25, -0.2) is 0 Å². The number of carbonyl (C=O) groups excluding carboxylic acids is 1. The summed E-state index contributed by atoms with van der Waals surface area (Å²) in [7, 11) is 1.73. The Morgan fingerprint density at radius 1 is 1.20 bits per heavy atom. The normalized spacial score (nSPS) is 17.8. The molecule has 4 rings (SSSR count). The number of rotatable bonds is 5. The maximum Gasteiger partial charge on any atom is 0.193 e. The lowest BCUT2D eigenvalue weighted by Gasteiger charge is -2.28. The van der Waals surface area contributed by atoms with Crippen molar-refractivity contribution in [3.05, 3.63) is 81.6 Å². The Kier molecular flexibility index (Phi) is 5.72. The summed E-state index contributed by atoms with van der Waals surface area (Å²) in [5.41, 5.74) is 11.8. The number of benzene rings is 2. The third kappa shape index (κ3) is 3.34. The average molecular weight is 423 g/mol. The summed E-state index contributed by atoms with van der Waals surface area (Å²) < 4.78 is 7.91. The lowest BCUT2D eigenvalue weighted by molar-refractivity contribution is 0.0995. The zero-order valence-corrected chi connectivity index (χ0v) is 18.4. The van der Waals surface area contributed by atoms with E-state index >= 15 is 0 Å². The van der Waals surface area contributed by atoms with Crippen molar-refractivity contribution in [2.45, 2.75) is 32.6 Å². The second kappa shape index (κ2) is 8.29.